The summed E-state index contributed by atoms with van der Waals surface area (Å²) in [5.41, 5.74) is 5.96. The lowest BCUT2D eigenvalue weighted by Crippen LogP contribution is -2.19. The number of nitrogens with one attached hydrogen (secondary N) is 1. The number of aliphatic imine (C=N–C) groups is 1. The molecule has 0 amide bonds. The molecular formula is C29H30FN3S. The standard InChI is InChI=1S/C29H30FN3S/c1-20-14-24(32-18-20)11-10-22-17-28-23(16-27(22)30)15-25(19-31-21(2)29(3)12-13-29)33(28)34(4)26-8-6-5-7-9-26/h5-11,14-17,31H,2,4,12-13,18-19H2,1,3H3/b11-10+. The Morgan fingerprint density at radius 3 is 2.65 bits per heavy atom. The highest BCUT2D eigenvalue weighted by Gasteiger charge is 2.40. The molecule has 34 heavy (non-hydrogen) atoms. The van der Waals surface area contributed by atoms with E-state index in [0.29, 0.717) is 18.7 Å². The molecule has 2 aliphatic rings. The summed E-state index contributed by atoms with van der Waals surface area (Å²) in [5.74, 6) is 4.28. The van der Waals surface area contributed by atoms with Crippen molar-refractivity contribution in [3.05, 3.63) is 95.6 Å². The molecule has 174 valence electrons. The first-order valence-corrected chi connectivity index (χ1v) is 13.0. The van der Waals surface area contributed by atoms with E-state index < -0.39 is 10.7 Å². The number of halogens is 1. The highest BCUT2D eigenvalue weighted by molar-refractivity contribution is 8.13. The maximum absolute atomic E-state index is 15.1. The van der Waals surface area contributed by atoms with E-state index in [0.717, 1.165) is 32.9 Å². The van der Waals surface area contributed by atoms with Crippen LogP contribution in [0.5, 0.6) is 0 Å². The van der Waals surface area contributed by atoms with E-state index in [1.165, 1.54) is 18.4 Å². The SMILES string of the molecule is C=C(NCc1cc2cc(F)c(/C=C/C3=NCC(C)=C3)cc2n1S(=C)c1ccccc1)C1(C)CC1. The molecule has 0 radical (unpaired) electrons. The van der Waals surface area contributed by atoms with E-state index in [1.54, 1.807) is 6.07 Å². The van der Waals surface area contributed by atoms with Crippen molar-refractivity contribution in [2.45, 2.75) is 38.1 Å². The van der Waals surface area contributed by atoms with Gasteiger partial charge in [-0.2, -0.15) is 0 Å². The molecule has 1 aliphatic carbocycles. The molecule has 2 aromatic carbocycles. The van der Waals surface area contributed by atoms with Gasteiger partial charge in [0.15, 0.2) is 0 Å². The summed E-state index contributed by atoms with van der Waals surface area (Å²) in [5, 5.41) is 4.41. The van der Waals surface area contributed by atoms with Crippen molar-refractivity contribution >= 4 is 39.2 Å². The van der Waals surface area contributed by atoms with Gasteiger partial charge >= 0.3 is 0 Å². The highest BCUT2D eigenvalue weighted by atomic mass is 32.2. The fraction of sp³-hybridized carbons (Fsp3) is 0.241. The van der Waals surface area contributed by atoms with Crippen LogP contribution in [0, 0.1) is 11.2 Å². The number of nitrogens with zero attached hydrogens (tertiary/aromatic N) is 2. The largest absolute Gasteiger partial charge is 0.383 e. The van der Waals surface area contributed by atoms with E-state index in [2.05, 4.69) is 58.8 Å². The van der Waals surface area contributed by atoms with Crippen LogP contribution in [-0.2, 0) is 6.54 Å². The zero-order valence-electron chi connectivity index (χ0n) is 19.8. The van der Waals surface area contributed by atoms with E-state index >= 15 is 4.39 Å². The lowest BCUT2D eigenvalue weighted by Gasteiger charge is -2.19. The molecule has 1 saturated carbocycles. The fourth-order valence-electron chi connectivity index (χ4n) is 4.21. The van der Waals surface area contributed by atoms with Gasteiger partial charge in [-0.05, 0) is 73.9 Å². The number of fused-ring (bicyclic) bond motifs is 1. The van der Waals surface area contributed by atoms with E-state index in [9.17, 15) is 0 Å². The Labute approximate surface area is 203 Å². The molecule has 3 aromatic rings. The van der Waals surface area contributed by atoms with Crippen LogP contribution in [0.25, 0.3) is 17.0 Å². The molecule has 2 heterocycles. The Morgan fingerprint density at radius 2 is 1.97 bits per heavy atom. The van der Waals surface area contributed by atoms with Gasteiger partial charge in [0.1, 0.15) is 5.82 Å². The third-order valence-electron chi connectivity index (χ3n) is 6.73. The summed E-state index contributed by atoms with van der Waals surface area (Å²) >= 11 is 0. The zero-order chi connectivity index (χ0) is 23.9. The first-order valence-electron chi connectivity index (χ1n) is 11.6. The first kappa shape index (κ1) is 22.6. The fourth-order valence-corrected chi connectivity index (χ4v) is 5.69. The number of aromatic nitrogens is 1. The molecule has 1 atom stereocenters. The summed E-state index contributed by atoms with van der Waals surface area (Å²) in [4.78, 5) is 5.60. The topological polar surface area (TPSA) is 29.3 Å². The lowest BCUT2D eigenvalue weighted by atomic mass is 10.1. The Balaban J connectivity index is 1.55. The minimum atomic E-state index is -0.480. The Morgan fingerprint density at radius 1 is 1.21 bits per heavy atom. The number of hydrogen-bond acceptors (Lipinski definition) is 2. The normalized spacial score (nSPS) is 17.6. The molecule has 0 spiro atoms. The monoisotopic (exact) mass is 471 g/mol. The molecule has 1 unspecified atom stereocenters. The van der Waals surface area contributed by atoms with E-state index in [1.807, 2.05) is 42.5 Å². The van der Waals surface area contributed by atoms with Crippen molar-refractivity contribution in [2.75, 3.05) is 6.54 Å². The van der Waals surface area contributed by atoms with Gasteiger partial charge < -0.3 is 5.32 Å². The molecule has 1 aliphatic heterocycles. The summed E-state index contributed by atoms with van der Waals surface area (Å²) < 4.78 is 17.3. The van der Waals surface area contributed by atoms with Gasteiger partial charge in [-0.1, -0.05) is 48.2 Å². The average molecular weight is 472 g/mol. The summed E-state index contributed by atoms with van der Waals surface area (Å²) in [7, 11) is -0.480. The Hall–Kier alpha value is -3.18. The molecule has 0 bridgehead atoms. The number of hydrogen-bond donors (Lipinski definition) is 1. The quantitative estimate of drug-likeness (QED) is 0.348. The summed E-state index contributed by atoms with van der Waals surface area (Å²) in [6.45, 7) is 9.90. The lowest BCUT2D eigenvalue weighted by molar-refractivity contribution is 0.597. The third-order valence-corrected chi connectivity index (χ3v) is 8.42. The molecular weight excluding hydrogens is 441 g/mol. The van der Waals surface area contributed by atoms with Crippen molar-refractivity contribution in [2.24, 2.45) is 10.4 Å². The van der Waals surface area contributed by atoms with Crippen LogP contribution in [0.4, 0.5) is 4.39 Å². The minimum Gasteiger partial charge on any atom is -0.383 e. The highest BCUT2D eigenvalue weighted by Crippen LogP contribution is 2.49. The summed E-state index contributed by atoms with van der Waals surface area (Å²) in [6, 6.07) is 15.9. The maximum Gasteiger partial charge on any atom is 0.131 e. The van der Waals surface area contributed by atoms with E-state index in [-0.39, 0.29) is 11.2 Å². The van der Waals surface area contributed by atoms with Crippen LogP contribution >= 0.6 is 10.7 Å². The zero-order valence-corrected chi connectivity index (χ0v) is 20.6. The number of allylic oxidation sites excluding steroid dienone is 3. The van der Waals surface area contributed by atoms with Crippen molar-refractivity contribution in [3.63, 3.8) is 0 Å². The maximum atomic E-state index is 15.1. The smallest absolute Gasteiger partial charge is 0.131 e. The third kappa shape index (κ3) is 4.45. The predicted octanol–water partition coefficient (Wildman–Crippen LogP) is 7.12. The van der Waals surface area contributed by atoms with Gasteiger partial charge in [0, 0.05) is 32.7 Å². The van der Waals surface area contributed by atoms with Gasteiger partial charge in [-0.3, -0.25) is 8.96 Å². The average Bonchev–Trinajstić information content (AvgIpc) is 3.30. The van der Waals surface area contributed by atoms with Crippen molar-refractivity contribution < 1.29 is 4.39 Å². The van der Waals surface area contributed by atoms with Crippen LogP contribution in [0.3, 0.4) is 0 Å². The van der Waals surface area contributed by atoms with Crippen LogP contribution in [0.2, 0.25) is 0 Å². The number of benzene rings is 2. The van der Waals surface area contributed by atoms with Crippen molar-refractivity contribution in [1.82, 2.24) is 9.29 Å². The second kappa shape index (κ2) is 8.88. The second-order valence-corrected chi connectivity index (χ2v) is 11.1. The van der Waals surface area contributed by atoms with Crippen LogP contribution in [0.15, 0.2) is 88.4 Å². The van der Waals surface area contributed by atoms with E-state index in [4.69, 9.17) is 0 Å². The predicted molar refractivity (Wildman–Crippen MR) is 145 cm³/mol. The Kier molecular flexibility index (Phi) is 5.90. The van der Waals surface area contributed by atoms with Gasteiger partial charge in [-0.15, -0.1) is 0 Å². The van der Waals surface area contributed by atoms with Crippen LogP contribution < -0.4 is 5.32 Å². The molecule has 1 fully saturated rings. The molecule has 1 aromatic heterocycles. The molecule has 0 saturated heterocycles. The minimum absolute atomic E-state index is 0.197. The first-order chi connectivity index (χ1) is 16.3. The van der Waals surface area contributed by atoms with Gasteiger partial charge in [0.25, 0.3) is 0 Å². The Bertz CT molecular complexity index is 1390. The molecule has 5 heteroatoms. The second-order valence-electron chi connectivity index (χ2n) is 9.50. The van der Waals surface area contributed by atoms with Gasteiger partial charge in [-0.25, -0.2) is 4.39 Å². The summed E-state index contributed by atoms with van der Waals surface area (Å²) in [6.07, 6.45) is 8.09. The molecule has 3 nitrogen and oxygen atoms in total. The van der Waals surface area contributed by atoms with Crippen LogP contribution in [0.1, 0.15) is 37.9 Å². The van der Waals surface area contributed by atoms with Crippen molar-refractivity contribution in [1.29, 1.82) is 0 Å². The van der Waals surface area contributed by atoms with Crippen molar-refractivity contribution in [3.8, 4) is 0 Å². The van der Waals surface area contributed by atoms with Crippen LogP contribution in [-0.4, -0.2) is 22.1 Å². The van der Waals surface area contributed by atoms with Gasteiger partial charge in [0.05, 0.1) is 24.3 Å². The van der Waals surface area contributed by atoms with Gasteiger partial charge in [0.2, 0.25) is 0 Å². The molecule has 1 N–H and O–H groups in total. The number of rotatable bonds is 8. The molecule has 5 rings (SSSR count).